The Morgan fingerprint density at radius 2 is 2.04 bits per heavy atom. The highest BCUT2D eigenvalue weighted by Gasteiger charge is 2.17. The fourth-order valence-corrected chi connectivity index (χ4v) is 2.95. The molecule has 8 heteroatoms. The van der Waals surface area contributed by atoms with Crippen LogP contribution in [-0.2, 0) is 4.79 Å². The summed E-state index contributed by atoms with van der Waals surface area (Å²) in [6, 6.07) is 9.10. The topological polar surface area (TPSA) is 110 Å². The van der Waals surface area contributed by atoms with Crippen LogP contribution in [0, 0.1) is 6.92 Å². The number of carbonyl (C=O) groups excluding carboxylic acids is 2. The minimum Gasteiger partial charge on any atom is -0.481 e. The fourth-order valence-electron chi connectivity index (χ4n) is 2.23. The van der Waals surface area contributed by atoms with Crippen LogP contribution < -0.4 is 15.8 Å². The summed E-state index contributed by atoms with van der Waals surface area (Å²) < 4.78 is 5.63. The molecule has 26 heavy (non-hydrogen) atoms. The first-order chi connectivity index (χ1) is 12.4. The summed E-state index contributed by atoms with van der Waals surface area (Å²) in [5.74, 6) is -0.204. The van der Waals surface area contributed by atoms with Crippen LogP contribution in [0.4, 0.5) is 5.13 Å². The highest BCUT2D eigenvalue weighted by molar-refractivity contribution is 7.14. The van der Waals surface area contributed by atoms with Gasteiger partial charge in [0.25, 0.3) is 11.8 Å². The molecule has 0 radical (unpaired) electrons. The maximum Gasteiger partial charge on any atom is 0.266 e. The minimum atomic E-state index is -0.668. The molecule has 0 saturated carbocycles. The molecule has 4 N–H and O–H groups in total. The average Bonchev–Trinajstić information content (AvgIpc) is 3.26. The molecule has 3 aromatic rings. The zero-order chi connectivity index (χ0) is 18.7. The lowest BCUT2D eigenvalue weighted by Gasteiger charge is -2.13. The maximum atomic E-state index is 12.3. The molecular formula is C18H18N4O3S. The number of ether oxygens (including phenoxy) is 1. The number of aryl methyl sites for hydroxylation is 1. The number of rotatable bonds is 6. The van der Waals surface area contributed by atoms with E-state index < -0.39 is 12.0 Å². The predicted molar refractivity (Wildman–Crippen MR) is 100 cm³/mol. The first-order valence-corrected chi connectivity index (χ1v) is 8.78. The van der Waals surface area contributed by atoms with Gasteiger partial charge in [-0.15, -0.1) is 11.3 Å². The molecule has 3 rings (SSSR count). The van der Waals surface area contributed by atoms with E-state index >= 15 is 0 Å². The summed E-state index contributed by atoms with van der Waals surface area (Å²) in [4.78, 5) is 30.6. The van der Waals surface area contributed by atoms with Gasteiger partial charge in [0.2, 0.25) is 0 Å². The number of H-pyrrole nitrogens is 1. The first-order valence-electron chi connectivity index (χ1n) is 7.90. The van der Waals surface area contributed by atoms with Crippen LogP contribution in [0.25, 0.3) is 11.3 Å². The van der Waals surface area contributed by atoms with Gasteiger partial charge in [0, 0.05) is 17.1 Å². The van der Waals surface area contributed by atoms with E-state index in [1.165, 1.54) is 11.3 Å². The molecule has 0 saturated heterocycles. The molecule has 1 atom stereocenters. The second kappa shape index (κ2) is 7.40. The standard InChI is InChI=1S/C18H18N4O3S/c1-10-3-5-13(6-4-10)25-11(2)17(24)22-18-21-15(9-26-18)12-7-14(16(19)23)20-8-12/h3-9,11,20H,1-2H3,(H2,19,23)(H,21,22,24). The number of benzene rings is 1. The van der Waals surface area contributed by atoms with Crippen LogP contribution >= 0.6 is 11.3 Å². The number of nitrogens with one attached hydrogen (secondary N) is 2. The van der Waals surface area contributed by atoms with Gasteiger partial charge in [-0.3, -0.25) is 14.9 Å². The first kappa shape index (κ1) is 17.7. The van der Waals surface area contributed by atoms with E-state index in [9.17, 15) is 9.59 Å². The summed E-state index contributed by atoms with van der Waals surface area (Å²) in [7, 11) is 0. The molecule has 1 unspecified atom stereocenters. The van der Waals surface area contributed by atoms with Crippen molar-refractivity contribution in [2.75, 3.05) is 5.32 Å². The Hall–Kier alpha value is -3.13. The Kier molecular flexibility index (Phi) is 5.04. The second-order valence-electron chi connectivity index (χ2n) is 5.77. The number of hydrogen-bond donors (Lipinski definition) is 3. The molecule has 2 amide bonds. The molecule has 0 bridgehead atoms. The van der Waals surface area contributed by atoms with Crippen LogP contribution in [0.2, 0.25) is 0 Å². The van der Waals surface area contributed by atoms with Gasteiger partial charge in [-0.25, -0.2) is 4.98 Å². The van der Waals surface area contributed by atoms with Crippen molar-refractivity contribution in [3.8, 4) is 17.0 Å². The van der Waals surface area contributed by atoms with E-state index in [0.29, 0.717) is 22.3 Å². The largest absolute Gasteiger partial charge is 0.481 e. The predicted octanol–water partition coefficient (Wildman–Crippen LogP) is 2.95. The van der Waals surface area contributed by atoms with Crippen LogP contribution in [0.15, 0.2) is 41.9 Å². The van der Waals surface area contributed by atoms with E-state index in [0.717, 1.165) is 11.1 Å². The third-order valence-electron chi connectivity index (χ3n) is 3.68. The number of anilines is 1. The van der Waals surface area contributed by atoms with Crippen molar-refractivity contribution in [3.05, 3.63) is 53.2 Å². The Labute approximate surface area is 154 Å². The van der Waals surface area contributed by atoms with Crippen molar-refractivity contribution in [1.29, 1.82) is 0 Å². The van der Waals surface area contributed by atoms with E-state index in [2.05, 4.69) is 15.3 Å². The van der Waals surface area contributed by atoms with Crippen molar-refractivity contribution in [2.24, 2.45) is 5.73 Å². The highest BCUT2D eigenvalue weighted by atomic mass is 32.1. The van der Waals surface area contributed by atoms with Gasteiger partial charge in [0.1, 0.15) is 11.4 Å². The fraction of sp³-hybridized carbons (Fsp3) is 0.167. The number of thiazole rings is 1. The summed E-state index contributed by atoms with van der Waals surface area (Å²) in [5.41, 5.74) is 8.01. The Morgan fingerprint density at radius 1 is 1.31 bits per heavy atom. The number of carbonyl (C=O) groups is 2. The molecule has 0 aliphatic carbocycles. The van der Waals surface area contributed by atoms with Crippen LogP contribution in [-0.4, -0.2) is 27.9 Å². The molecule has 0 aliphatic heterocycles. The van der Waals surface area contributed by atoms with E-state index in [-0.39, 0.29) is 5.91 Å². The molecule has 0 spiro atoms. The van der Waals surface area contributed by atoms with Gasteiger partial charge in [-0.2, -0.15) is 0 Å². The molecule has 0 aliphatic rings. The monoisotopic (exact) mass is 370 g/mol. The highest BCUT2D eigenvalue weighted by Crippen LogP contribution is 2.25. The average molecular weight is 370 g/mol. The maximum absolute atomic E-state index is 12.3. The molecule has 2 heterocycles. The van der Waals surface area contributed by atoms with Crippen LogP contribution in [0.3, 0.4) is 0 Å². The molecule has 2 aromatic heterocycles. The summed E-state index contributed by atoms with van der Waals surface area (Å²) >= 11 is 1.29. The number of hydrogen-bond acceptors (Lipinski definition) is 5. The molecule has 134 valence electrons. The van der Waals surface area contributed by atoms with E-state index in [4.69, 9.17) is 10.5 Å². The smallest absolute Gasteiger partial charge is 0.266 e. The molecule has 1 aromatic carbocycles. The Balaban J connectivity index is 1.63. The van der Waals surface area contributed by atoms with Gasteiger partial charge >= 0.3 is 0 Å². The van der Waals surface area contributed by atoms with Gasteiger partial charge < -0.3 is 15.5 Å². The van der Waals surface area contributed by atoms with Crippen molar-refractivity contribution in [2.45, 2.75) is 20.0 Å². The zero-order valence-corrected chi connectivity index (χ0v) is 15.1. The minimum absolute atomic E-state index is 0.293. The Bertz CT molecular complexity index is 930. The number of primary amides is 1. The lowest BCUT2D eigenvalue weighted by molar-refractivity contribution is -0.122. The third-order valence-corrected chi connectivity index (χ3v) is 4.44. The molecule has 7 nitrogen and oxygen atoms in total. The van der Waals surface area contributed by atoms with Crippen molar-refractivity contribution >= 4 is 28.3 Å². The van der Waals surface area contributed by atoms with Crippen molar-refractivity contribution < 1.29 is 14.3 Å². The van der Waals surface area contributed by atoms with Gasteiger partial charge in [0.05, 0.1) is 5.69 Å². The zero-order valence-electron chi connectivity index (χ0n) is 14.3. The van der Waals surface area contributed by atoms with Gasteiger partial charge in [-0.1, -0.05) is 17.7 Å². The SMILES string of the molecule is Cc1ccc(OC(C)C(=O)Nc2nc(-c3c[nH]c(C(N)=O)c3)cs2)cc1. The number of nitrogens with two attached hydrogens (primary N) is 1. The molecule has 0 fully saturated rings. The quantitative estimate of drug-likeness (QED) is 0.619. The number of amides is 2. The van der Waals surface area contributed by atoms with Gasteiger partial charge in [0.15, 0.2) is 11.2 Å². The number of aromatic nitrogens is 2. The number of aromatic amines is 1. The third kappa shape index (κ3) is 4.09. The Morgan fingerprint density at radius 3 is 2.69 bits per heavy atom. The second-order valence-corrected chi connectivity index (χ2v) is 6.62. The molecular weight excluding hydrogens is 352 g/mol. The van der Waals surface area contributed by atoms with E-state index in [1.807, 2.05) is 31.2 Å². The van der Waals surface area contributed by atoms with Crippen LogP contribution in [0.5, 0.6) is 5.75 Å². The van der Waals surface area contributed by atoms with Crippen molar-refractivity contribution in [1.82, 2.24) is 9.97 Å². The van der Waals surface area contributed by atoms with Gasteiger partial charge in [-0.05, 0) is 32.0 Å². The lowest BCUT2D eigenvalue weighted by Crippen LogP contribution is -2.30. The summed E-state index contributed by atoms with van der Waals surface area (Å²) in [6.07, 6.45) is 0.975. The summed E-state index contributed by atoms with van der Waals surface area (Å²) in [6.45, 7) is 3.66. The summed E-state index contributed by atoms with van der Waals surface area (Å²) in [5, 5.41) is 4.97. The normalized spacial score (nSPS) is 11.8. The van der Waals surface area contributed by atoms with E-state index in [1.54, 1.807) is 24.6 Å². The number of nitrogens with zero attached hydrogens (tertiary/aromatic N) is 1. The van der Waals surface area contributed by atoms with Crippen LogP contribution in [0.1, 0.15) is 23.0 Å². The lowest BCUT2D eigenvalue weighted by atomic mass is 10.2. The van der Waals surface area contributed by atoms with Crippen molar-refractivity contribution in [3.63, 3.8) is 0 Å².